The lowest BCUT2D eigenvalue weighted by Crippen LogP contribution is -2.39. The number of nitro groups is 2. The molecule has 124 valence electrons. The lowest BCUT2D eigenvalue weighted by atomic mass is 10.0. The summed E-state index contributed by atoms with van der Waals surface area (Å²) in [5, 5.41) is 40.1. The van der Waals surface area contributed by atoms with Gasteiger partial charge in [0.1, 0.15) is 6.04 Å². The van der Waals surface area contributed by atoms with Gasteiger partial charge in [-0.05, 0) is 5.56 Å². The van der Waals surface area contributed by atoms with Crippen molar-refractivity contribution in [2.75, 3.05) is 0 Å². The Balaban J connectivity index is 3.20. The first-order valence-corrected chi connectivity index (χ1v) is 5.94. The molecule has 0 fully saturated rings. The van der Waals surface area contributed by atoms with Gasteiger partial charge in [0.05, 0.1) is 9.85 Å². The molecule has 12 heteroatoms. The number of phenols is 1. The number of nitro benzene ring substituents is 2. The maximum atomic E-state index is 11.0. The van der Waals surface area contributed by atoms with Gasteiger partial charge in [-0.1, -0.05) is 0 Å². The fourth-order valence-electron chi connectivity index (χ4n) is 1.63. The average Bonchev–Trinajstić information content (AvgIpc) is 2.43. The summed E-state index contributed by atoms with van der Waals surface area (Å²) in [6, 6.07) is 0.101. The summed E-state index contributed by atoms with van der Waals surface area (Å²) in [4.78, 5) is 45.6. The number of nitrogens with zero attached hydrogens (tertiary/aromatic N) is 2. The van der Waals surface area contributed by atoms with Crippen LogP contribution in [-0.2, 0) is 20.8 Å². The van der Waals surface area contributed by atoms with E-state index in [1.807, 2.05) is 5.48 Å². The predicted octanol–water partition coefficient (Wildman–Crippen LogP) is 0.272. The second-order valence-electron chi connectivity index (χ2n) is 4.30. The maximum Gasteiger partial charge on any atom is 0.324 e. The van der Waals surface area contributed by atoms with Gasteiger partial charge >= 0.3 is 23.3 Å². The van der Waals surface area contributed by atoms with Crippen LogP contribution in [0.5, 0.6) is 5.75 Å². The number of aromatic hydroxyl groups is 1. The van der Waals surface area contributed by atoms with E-state index in [0.29, 0.717) is 0 Å². The molecule has 0 amide bonds. The maximum absolute atomic E-state index is 11.0. The Bertz CT molecular complexity index is 638. The van der Waals surface area contributed by atoms with Crippen LogP contribution in [0.25, 0.3) is 0 Å². The number of hydroxylamine groups is 1. The van der Waals surface area contributed by atoms with Gasteiger partial charge in [0, 0.05) is 25.5 Å². The van der Waals surface area contributed by atoms with Crippen LogP contribution in [0.2, 0.25) is 0 Å². The van der Waals surface area contributed by atoms with E-state index in [4.69, 9.17) is 5.11 Å². The molecule has 0 heterocycles. The smallest absolute Gasteiger partial charge is 0.324 e. The molecule has 3 N–H and O–H groups in total. The number of phenolic OH excluding ortho intramolecular Hbond substituents is 1. The normalized spacial score (nSPS) is 11.5. The van der Waals surface area contributed by atoms with E-state index >= 15 is 0 Å². The van der Waals surface area contributed by atoms with Crippen molar-refractivity contribution < 1.29 is 34.5 Å². The van der Waals surface area contributed by atoms with E-state index in [9.17, 15) is 34.9 Å². The minimum Gasteiger partial charge on any atom is -0.497 e. The number of aliphatic carboxylic acids is 1. The minimum atomic E-state index is -1.50. The lowest BCUT2D eigenvalue weighted by Gasteiger charge is -2.13. The molecule has 1 aromatic rings. The highest BCUT2D eigenvalue weighted by molar-refractivity contribution is 5.74. The van der Waals surface area contributed by atoms with Gasteiger partial charge < -0.3 is 15.1 Å². The zero-order valence-electron chi connectivity index (χ0n) is 11.6. The standard InChI is InChI=1S/C11H11N3O9/c1-5(15)23-12-7(11(17)18)2-6-3-8(13(19)20)10(16)9(4-6)14(21)22/h3-4,7,12,16H,2H2,1H3,(H,17,18)/t7-/m0/s1. The summed E-state index contributed by atoms with van der Waals surface area (Å²) in [5.74, 6) is -3.41. The number of benzene rings is 1. The number of carboxylic acid groups (broad SMARTS) is 1. The monoisotopic (exact) mass is 329 g/mol. The molecule has 0 bridgehead atoms. The summed E-state index contributed by atoms with van der Waals surface area (Å²) in [6.45, 7) is 1.02. The molecular formula is C11H11N3O9. The third kappa shape index (κ3) is 4.60. The summed E-state index contributed by atoms with van der Waals surface area (Å²) < 4.78 is 0. The zero-order chi connectivity index (χ0) is 17.7. The van der Waals surface area contributed by atoms with E-state index in [0.717, 1.165) is 19.1 Å². The highest BCUT2D eigenvalue weighted by Gasteiger charge is 2.28. The van der Waals surface area contributed by atoms with Crippen molar-refractivity contribution in [1.29, 1.82) is 0 Å². The molecule has 0 aliphatic rings. The van der Waals surface area contributed by atoms with Crippen LogP contribution in [0.1, 0.15) is 12.5 Å². The fourth-order valence-corrected chi connectivity index (χ4v) is 1.63. The second kappa shape index (κ2) is 7.13. The van der Waals surface area contributed by atoms with Gasteiger partial charge in [-0.25, -0.2) is 0 Å². The Morgan fingerprint density at radius 2 is 1.74 bits per heavy atom. The number of carbonyl (C=O) groups is 2. The molecule has 1 atom stereocenters. The molecule has 0 aliphatic heterocycles. The molecule has 0 saturated heterocycles. The van der Waals surface area contributed by atoms with Crippen LogP contribution in [-0.4, -0.2) is 38.0 Å². The fraction of sp³-hybridized carbons (Fsp3) is 0.273. The van der Waals surface area contributed by atoms with E-state index in [-0.39, 0.29) is 5.56 Å². The van der Waals surface area contributed by atoms with Crippen LogP contribution in [0.15, 0.2) is 12.1 Å². The Kier molecular flexibility index (Phi) is 5.51. The van der Waals surface area contributed by atoms with Crippen LogP contribution < -0.4 is 5.48 Å². The largest absolute Gasteiger partial charge is 0.497 e. The van der Waals surface area contributed by atoms with Crippen LogP contribution in [0.4, 0.5) is 11.4 Å². The topological polar surface area (TPSA) is 182 Å². The van der Waals surface area contributed by atoms with Crippen LogP contribution in [0, 0.1) is 20.2 Å². The predicted molar refractivity (Wildman–Crippen MR) is 71.4 cm³/mol. The molecule has 1 aromatic carbocycles. The summed E-state index contributed by atoms with van der Waals surface area (Å²) in [7, 11) is 0. The van der Waals surface area contributed by atoms with Gasteiger partial charge in [0.2, 0.25) is 0 Å². The molecule has 0 radical (unpaired) electrons. The third-order valence-corrected chi connectivity index (χ3v) is 2.61. The van der Waals surface area contributed by atoms with Crippen molar-refractivity contribution >= 4 is 23.3 Å². The molecular weight excluding hydrogens is 318 g/mol. The van der Waals surface area contributed by atoms with Crippen molar-refractivity contribution in [3.8, 4) is 5.75 Å². The summed E-state index contributed by atoms with van der Waals surface area (Å²) >= 11 is 0. The highest BCUT2D eigenvalue weighted by atomic mass is 16.7. The molecule has 1 rings (SSSR count). The SMILES string of the molecule is CC(=O)ON[C@@H](Cc1cc([N+](=O)[O-])c(O)c([N+](=O)[O-])c1)C(=O)O. The van der Waals surface area contributed by atoms with E-state index in [1.54, 1.807) is 0 Å². The first-order valence-electron chi connectivity index (χ1n) is 5.94. The Morgan fingerprint density at radius 1 is 1.26 bits per heavy atom. The number of rotatable bonds is 7. The van der Waals surface area contributed by atoms with Gasteiger partial charge in [0.25, 0.3) is 5.75 Å². The van der Waals surface area contributed by atoms with Crippen molar-refractivity contribution in [3.63, 3.8) is 0 Å². The Morgan fingerprint density at radius 3 is 2.09 bits per heavy atom. The van der Waals surface area contributed by atoms with Crippen LogP contribution >= 0.6 is 0 Å². The first-order chi connectivity index (χ1) is 10.6. The quantitative estimate of drug-likeness (QED) is 0.463. The summed E-state index contributed by atoms with van der Waals surface area (Å²) in [6.07, 6.45) is -0.468. The third-order valence-electron chi connectivity index (χ3n) is 2.61. The van der Waals surface area contributed by atoms with Gasteiger partial charge in [0.15, 0.2) is 0 Å². The molecule has 23 heavy (non-hydrogen) atoms. The Labute approximate surface area is 127 Å². The molecule has 0 aromatic heterocycles. The lowest BCUT2D eigenvalue weighted by molar-refractivity contribution is -0.396. The van der Waals surface area contributed by atoms with Crippen molar-refractivity contribution in [2.24, 2.45) is 0 Å². The average molecular weight is 329 g/mol. The molecule has 12 nitrogen and oxygen atoms in total. The first kappa shape index (κ1) is 17.8. The number of hydrogen-bond acceptors (Lipinski definition) is 9. The van der Waals surface area contributed by atoms with E-state index in [2.05, 4.69) is 4.84 Å². The number of hydrogen-bond donors (Lipinski definition) is 3. The molecule has 0 saturated carbocycles. The van der Waals surface area contributed by atoms with Crippen LogP contribution in [0.3, 0.4) is 0 Å². The summed E-state index contributed by atoms with van der Waals surface area (Å²) in [5.41, 5.74) is -0.0676. The van der Waals surface area contributed by atoms with Gasteiger partial charge in [-0.2, -0.15) is 0 Å². The van der Waals surface area contributed by atoms with Crippen molar-refractivity contribution in [2.45, 2.75) is 19.4 Å². The van der Waals surface area contributed by atoms with Crippen molar-refractivity contribution in [3.05, 3.63) is 37.9 Å². The highest BCUT2D eigenvalue weighted by Crippen LogP contribution is 2.36. The second-order valence-corrected chi connectivity index (χ2v) is 4.30. The number of carboxylic acids is 1. The minimum absolute atomic E-state index is 0.117. The van der Waals surface area contributed by atoms with Crippen molar-refractivity contribution in [1.82, 2.24) is 5.48 Å². The molecule has 0 spiro atoms. The number of carbonyl (C=O) groups excluding carboxylic acids is 1. The van der Waals surface area contributed by atoms with E-state index < -0.39 is 51.4 Å². The Hall–Kier alpha value is -3.28. The molecule has 0 aliphatic carbocycles. The molecule has 0 unspecified atom stereocenters. The number of nitrogens with one attached hydrogen (secondary N) is 1. The van der Waals surface area contributed by atoms with Gasteiger partial charge in [-0.15, -0.1) is 5.48 Å². The van der Waals surface area contributed by atoms with Gasteiger partial charge in [-0.3, -0.25) is 29.8 Å². The van der Waals surface area contributed by atoms with E-state index in [1.165, 1.54) is 0 Å². The zero-order valence-corrected chi connectivity index (χ0v) is 11.6.